The smallest absolute Gasteiger partial charge is 0.309 e. The van der Waals surface area contributed by atoms with E-state index >= 15 is 0 Å². The van der Waals surface area contributed by atoms with Gasteiger partial charge < -0.3 is 9.05 Å². The Morgan fingerprint density at radius 1 is 1.31 bits per heavy atom. The van der Waals surface area contributed by atoms with Crippen LogP contribution in [-0.2, 0) is 19.8 Å². The molecule has 0 aliphatic carbocycles. The molecule has 1 aromatic rings. The Morgan fingerprint density at radius 2 is 1.94 bits per heavy atom. The van der Waals surface area contributed by atoms with Crippen LogP contribution < -0.4 is 0 Å². The molecule has 4 nitrogen and oxygen atoms in total. The molecule has 0 unspecified atom stereocenters. The molecular formula is C10H15FNO3P. The van der Waals surface area contributed by atoms with E-state index in [1.807, 2.05) is 0 Å². The highest BCUT2D eigenvalue weighted by Gasteiger charge is 2.24. The van der Waals surface area contributed by atoms with Gasteiger partial charge in [0.15, 0.2) is 0 Å². The maximum absolute atomic E-state index is 12.6. The maximum Gasteiger partial charge on any atom is 0.335 e. The lowest BCUT2D eigenvalue weighted by Gasteiger charge is -2.16. The number of pyridine rings is 1. The van der Waals surface area contributed by atoms with Crippen LogP contribution in [0.1, 0.15) is 19.4 Å². The van der Waals surface area contributed by atoms with Crippen LogP contribution in [0.5, 0.6) is 0 Å². The molecule has 6 heteroatoms. The van der Waals surface area contributed by atoms with Crippen LogP contribution in [0.25, 0.3) is 0 Å². The zero-order chi connectivity index (χ0) is 12.0. The number of hydrogen-bond acceptors (Lipinski definition) is 4. The molecule has 90 valence electrons. The third-order valence-corrected chi connectivity index (χ3v) is 3.87. The molecule has 0 radical (unpaired) electrons. The second-order valence-electron chi connectivity index (χ2n) is 3.09. The number of hydrogen-bond donors (Lipinski definition) is 0. The zero-order valence-electron chi connectivity index (χ0n) is 9.35. The monoisotopic (exact) mass is 247 g/mol. The summed E-state index contributed by atoms with van der Waals surface area (Å²) in [5.41, 5.74) is 0.631. The molecule has 0 atom stereocenters. The van der Waals surface area contributed by atoms with E-state index in [0.717, 1.165) is 0 Å². The molecular weight excluding hydrogens is 232 g/mol. The molecule has 0 aliphatic heterocycles. The van der Waals surface area contributed by atoms with E-state index in [9.17, 15) is 8.96 Å². The van der Waals surface area contributed by atoms with Crippen molar-refractivity contribution in [1.82, 2.24) is 4.98 Å². The topological polar surface area (TPSA) is 48.4 Å². The van der Waals surface area contributed by atoms with E-state index < -0.39 is 13.5 Å². The average Bonchev–Trinajstić information content (AvgIpc) is 2.22. The number of nitrogens with zero attached hydrogens (tertiary/aromatic N) is 1. The third-order valence-electron chi connectivity index (χ3n) is 1.82. The molecule has 1 aromatic heterocycles. The summed E-state index contributed by atoms with van der Waals surface area (Å²) in [6, 6.07) is 2.74. The number of aromatic nitrogens is 1. The first kappa shape index (κ1) is 13.3. The van der Waals surface area contributed by atoms with Crippen LogP contribution in [0.2, 0.25) is 0 Å². The highest BCUT2D eigenvalue weighted by atomic mass is 31.2. The van der Waals surface area contributed by atoms with Gasteiger partial charge in [-0.05, 0) is 25.5 Å². The largest absolute Gasteiger partial charge is 0.335 e. The van der Waals surface area contributed by atoms with E-state index in [2.05, 4.69) is 4.98 Å². The number of halogens is 1. The highest BCUT2D eigenvalue weighted by molar-refractivity contribution is 7.53. The number of rotatable bonds is 6. The maximum atomic E-state index is 12.6. The van der Waals surface area contributed by atoms with Crippen LogP contribution in [0, 0.1) is 5.95 Å². The van der Waals surface area contributed by atoms with Crippen molar-refractivity contribution in [2.45, 2.75) is 20.0 Å². The van der Waals surface area contributed by atoms with Crippen molar-refractivity contribution in [1.29, 1.82) is 0 Å². The van der Waals surface area contributed by atoms with Crippen LogP contribution in [0.15, 0.2) is 18.3 Å². The first-order chi connectivity index (χ1) is 7.59. The van der Waals surface area contributed by atoms with Crippen LogP contribution in [-0.4, -0.2) is 18.2 Å². The van der Waals surface area contributed by atoms with Crippen molar-refractivity contribution in [3.63, 3.8) is 0 Å². The minimum absolute atomic E-state index is 0.113. The predicted molar refractivity (Wildman–Crippen MR) is 58.8 cm³/mol. The van der Waals surface area contributed by atoms with E-state index in [4.69, 9.17) is 9.05 Å². The molecule has 0 fully saturated rings. The van der Waals surface area contributed by atoms with Gasteiger partial charge in [-0.2, -0.15) is 4.39 Å². The predicted octanol–water partition coefficient (Wildman–Crippen LogP) is 2.99. The van der Waals surface area contributed by atoms with E-state index in [0.29, 0.717) is 18.8 Å². The molecule has 0 saturated carbocycles. The van der Waals surface area contributed by atoms with Crippen molar-refractivity contribution in [2.24, 2.45) is 0 Å². The second-order valence-corrected chi connectivity index (χ2v) is 5.15. The summed E-state index contributed by atoms with van der Waals surface area (Å²) in [7, 11) is -3.12. The molecule has 1 rings (SSSR count). The average molecular weight is 247 g/mol. The molecule has 0 aromatic carbocycles. The quantitative estimate of drug-likeness (QED) is 0.572. The lowest BCUT2D eigenvalue weighted by Crippen LogP contribution is -1.99. The van der Waals surface area contributed by atoms with Crippen molar-refractivity contribution in [3.8, 4) is 0 Å². The third kappa shape index (κ3) is 4.00. The van der Waals surface area contributed by atoms with E-state index in [1.165, 1.54) is 18.3 Å². The lowest BCUT2D eigenvalue weighted by atomic mass is 10.3. The Balaban J connectivity index is 2.75. The molecule has 0 bridgehead atoms. The normalized spacial score (nSPS) is 11.7. The Kier molecular flexibility index (Phi) is 5.06. The molecule has 0 spiro atoms. The minimum atomic E-state index is -3.12. The Morgan fingerprint density at radius 3 is 2.38 bits per heavy atom. The van der Waals surface area contributed by atoms with Crippen molar-refractivity contribution in [3.05, 3.63) is 29.8 Å². The summed E-state index contributed by atoms with van der Waals surface area (Å²) in [5, 5.41) is 0. The molecule has 1 heterocycles. The van der Waals surface area contributed by atoms with Gasteiger partial charge in [0.2, 0.25) is 5.95 Å². The lowest BCUT2D eigenvalue weighted by molar-refractivity contribution is 0.219. The fourth-order valence-corrected chi connectivity index (χ4v) is 2.92. The first-order valence-electron chi connectivity index (χ1n) is 5.08. The van der Waals surface area contributed by atoms with Crippen LogP contribution in [0.3, 0.4) is 0 Å². The second kappa shape index (κ2) is 6.09. The van der Waals surface area contributed by atoms with Gasteiger partial charge in [0.05, 0.1) is 19.4 Å². The Bertz CT molecular complexity index is 359. The van der Waals surface area contributed by atoms with Crippen molar-refractivity contribution >= 4 is 7.60 Å². The molecule has 0 amide bonds. The van der Waals surface area contributed by atoms with Gasteiger partial charge in [-0.25, -0.2) is 4.98 Å². The molecule has 0 saturated heterocycles. The molecule has 16 heavy (non-hydrogen) atoms. The van der Waals surface area contributed by atoms with Gasteiger partial charge in [0.25, 0.3) is 0 Å². The SMILES string of the molecule is CCOP(=O)(Cc1ccc(F)nc1)OCC. The standard InChI is InChI=1S/C10H15FNO3P/c1-3-14-16(13,15-4-2)8-9-5-6-10(11)12-7-9/h5-7H,3-4,8H2,1-2H3. The van der Waals surface area contributed by atoms with E-state index in [1.54, 1.807) is 13.8 Å². The minimum Gasteiger partial charge on any atom is -0.309 e. The fourth-order valence-electron chi connectivity index (χ4n) is 1.25. The van der Waals surface area contributed by atoms with E-state index in [-0.39, 0.29) is 6.16 Å². The summed E-state index contributed by atoms with van der Waals surface area (Å²) >= 11 is 0. The molecule has 0 N–H and O–H groups in total. The molecule has 0 aliphatic rings. The summed E-state index contributed by atoms with van der Waals surface area (Å²) < 4.78 is 34.9. The Labute approximate surface area is 94.3 Å². The van der Waals surface area contributed by atoms with Gasteiger partial charge in [-0.1, -0.05) is 6.07 Å². The summed E-state index contributed by atoms with van der Waals surface area (Å²) in [5.74, 6) is -0.564. The van der Waals surface area contributed by atoms with Gasteiger partial charge in [-0.3, -0.25) is 4.57 Å². The summed E-state index contributed by atoms with van der Waals surface area (Å²) in [4.78, 5) is 3.48. The van der Waals surface area contributed by atoms with Crippen molar-refractivity contribution < 1.29 is 18.0 Å². The van der Waals surface area contributed by atoms with Gasteiger partial charge in [-0.15, -0.1) is 0 Å². The fraction of sp³-hybridized carbons (Fsp3) is 0.500. The van der Waals surface area contributed by atoms with Gasteiger partial charge >= 0.3 is 7.60 Å². The van der Waals surface area contributed by atoms with Crippen molar-refractivity contribution in [2.75, 3.05) is 13.2 Å². The van der Waals surface area contributed by atoms with Crippen LogP contribution >= 0.6 is 7.60 Å². The highest BCUT2D eigenvalue weighted by Crippen LogP contribution is 2.51. The Hall–Kier alpha value is -0.770. The summed E-state index contributed by atoms with van der Waals surface area (Å²) in [6.07, 6.45) is 1.45. The van der Waals surface area contributed by atoms with Crippen LogP contribution in [0.4, 0.5) is 4.39 Å². The summed E-state index contributed by atoms with van der Waals surface area (Å²) in [6.45, 7) is 4.11. The zero-order valence-corrected chi connectivity index (χ0v) is 10.2. The van der Waals surface area contributed by atoms with Gasteiger partial charge in [0.1, 0.15) is 0 Å². The first-order valence-corrected chi connectivity index (χ1v) is 6.81. The van der Waals surface area contributed by atoms with Gasteiger partial charge in [0, 0.05) is 6.20 Å².